The molecule has 0 aliphatic rings. The Hall–Kier alpha value is -0.780. The molecule has 0 saturated carbocycles. The molecule has 6 heteroatoms. The summed E-state index contributed by atoms with van der Waals surface area (Å²) in [6, 6.07) is -2.16. The summed E-state index contributed by atoms with van der Waals surface area (Å²) in [7, 11) is 0. The van der Waals surface area contributed by atoms with Gasteiger partial charge in [-0.15, -0.1) is 0 Å². The second-order valence-electron chi connectivity index (χ2n) is 4.59. The predicted molar refractivity (Wildman–Crippen MR) is 62.8 cm³/mol. The largest absolute Gasteiger partial charge is 0.465 e. The second kappa shape index (κ2) is 7.61. The highest BCUT2D eigenvalue weighted by molar-refractivity contribution is 5.73. The van der Waals surface area contributed by atoms with Crippen molar-refractivity contribution in [2.24, 2.45) is 17.6 Å². The van der Waals surface area contributed by atoms with E-state index in [2.05, 4.69) is 0 Å². The molecular formula is C12H22F3NO2. The van der Waals surface area contributed by atoms with Crippen molar-refractivity contribution in [1.29, 1.82) is 0 Å². The number of alkyl halides is 3. The number of esters is 1. The van der Waals surface area contributed by atoms with Crippen molar-refractivity contribution >= 4 is 5.97 Å². The van der Waals surface area contributed by atoms with Crippen LogP contribution in [0.1, 0.15) is 40.0 Å². The Bertz CT molecular complexity index is 256. The quantitative estimate of drug-likeness (QED) is 0.723. The Labute approximate surface area is 106 Å². The third-order valence-corrected chi connectivity index (χ3v) is 2.92. The summed E-state index contributed by atoms with van der Waals surface area (Å²) < 4.78 is 42.6. The maximum atomic E-state index is 12.6. The third kappa shape index (κ3) is 5.71. The first-order valence-corrected chi connectivity index (χ1v) is 6.22. The van der Waals surface area contributed by atoms with Crippen molar-refractivity contribution in [3.8, 4) is 0 Å². The van der Waals surface area contributed by atoms with Crippen LogP contribution in [0.4, 0.5) is 13.2 Å². The molecule has 0 saturated heterocycles. The maximum Gasteiger partial charge on any atom is 0.404 e. The zero-order valence-electron chi connectivity index (χ0n) is 11.1. The Balaban J connectivity index is 4.76. The fraction of sp³-hybridized carbons (Fsp3) is 0.917. The number of hydrogen-bond donors (Lipinski definition) is 1. The highest BCUT2D eigenvalue weighted by atomic mass is 19.4. The number of hydrogen-bond acceptors (Lipinski definition) is 3. The van der Waals surface area contributed by atoms with Crippen LogP contribution in [0.15, 0.2) is 0 Å². The first-order valence-electron chi connectivity index (χ1n) is 6.22. The van der Waals surface area contributed by atoms with Crippen molar-refractivity contribution in [3.63, 3.8) is 0 Å². The highest BCUT2D eigenvalue weighted by Gasteiger charge is 2.45. The van der Waals surface area contributed by atoms with Gasteiger partial charge < -0.3 is 10.5 Å². The summed E-state index contributed by atoms with van der Waals surface area (Å²) in [6.45, 7) is 5.56. The van der Waals surface area contributed by atoms with Crippen LogP contribution in [0.3, 0.4) is 0 Å². The lowest BCUT2D eigenvalue weighted by Crippen LogP contribution is -2.48. The molecule has 3 nitrogen and oxygen atoms in total. The molecule has 2 N–H and O–H groups in total. The Kier molecular flexibility index (Phi) is 7.28. The van der Waals surface area contributed by atoms with Gasteiger partial charge in [0.05, 0.1) is 12.5 Å². The summed E-state index contributed by atoms with van der Waals surface area (Å²) in [5.41, 5.74) is 5.14. The van der Waals surface area contributed by atoms with Crippen LogP contribution in [0.25, 0.3) is 0 Å². The molecule has 18 heavy (non-hydrogen) atoms. The van der Waals surface area contributed by atoms with Gasteiger partial charge in [-0.3, -0.25) is 4.79 Å². The van der Waals surface area contributed by atoms with Crippen LogP contribution in [0, 0.1) is 11.8 Å². The van der Waals surface area contributed by atoms with Crippen molar-refractivity contribution in [3.05, 3.63) is 0 Å². The summed E-state index contributed by atoms with van der Waals surface area (Å²) in [5, 5.41) is 0. The van der Waals surface area contributed by atoms with E-state index in [1.165, 1.54) is 0 Å². The third-order valence-electron chi connectivity index (χ3n) is 2.92. The van der Waals surface area contributed by atoms with Crippen molar-refractivity contribution in [1.82, 2.24) is 0 Å². The standard InChI is InChI=1S/C12H22F3NO2/c1-4-6-18-11(17)9(7-8(3)5-2)10(16)12(13,14)15/h8-10H,4-7,16H2,1-3H3/t8?,9-,10-/m1/s1. The van der Waals surface area contributed by atoms with Crippen LogP contribution < -0.4 is 5.73 Å². The predicted octanol–water partition coefficient (Wildman–Crippen LogP) is 2.88. The molecule has 0 radical (unpaired) electrons. The van der Waals surface area contributed by atoms with Crippen LogP contribution in [-0.4, -0.2) is 24.8 Å². The van der Waals surface area contributed by atoms with E-state index < -0.39 is 24.1 Å². The molecule has 0 heterocycles. The minimum atomic E-state index is -4.58. The average Bonchev–Trinajstić information content (AvgIpc) is 2.30. The number of carbonyl (C=O) groups excluding carboxylic acids is 1. The summed E-state index contributed by atoms with van der Waals surface area (Å²) in [5.74, 6) is -2.16. The minimum absolute atomic E-state index is 0.00224. The Morgan fingerprint density at radius 2 is 1.89 bits per heavy atom. The SMILES string of the molecule is CCCOC(=O)[C@H](CC(C)CC)[C@@H](N)C(F)(F)F. The molecule has 1 unspecified atom stereocenters. The van der Waals surface area contributed by atoms with E-state index in [0.29, 0.717) is 12.8 Å². The van der Waals surface area contributed by atoms with Gasteiger partial charge in [-0.05, 0) is 18.8 Å². The molecule has 0 aromatic carbocycles. The van der Waals surface area contributed by atoms with Gasteiger partial charge in [0.2, 0.25) is 0 Å². The number of ether oxygens (including phenoxy) is 1. The molecule has 0 aromatic rings. The second-order valence-corrected chi connectivity index (χ2v) is 4.59. The molecule has 0 bridgehead atoms. The zero-order chi connectivity index (χ0) is 14.3. The van der Waals surface area contributed by atoms with E-state index in [1.54, 1.807) is 13.8 Å². The smallest absolute Gasteiger partial charge is 0.404 e. The van der Waals surface area contributed by atoms with Crippen LogP contribution >= 0.6 is 0 Å². The first kappa shape index (κ1) is 17.2. The van der Waals surface area contributed by atoms with Gasteiger partial charge in [0.15, 0.2) is 0 Å². The highest BCUT2D eigenvalue weighted by Crippen LogP contribution is 2.29. The van der Waals surface area contributed by atoms with Crippen LogP contribution in [0.5, 0.6) is 0 Å². The van der Waals surface area contributed by atoms with E-state index in [9.17, 15) is 18.0 Å². The molecule has 0 amide bonds. The monoisotopic (exact) mass is 269 g/mol. The molecule has 0 spiro atoms. The van der Waals surface area contributed by atoms with Crippen molar-refractivity contribution in [2.45, 2.75) is 52.3 Å². The maximum absolute atomic E-state index is 12.6. The van der Waals surface area contributed by atoms with Crippen molar-refractivity contribution in [2.75, 3.05) is 6.61 Å². The first-order chi connectivity index (χ1) is 8.23. The van der Waals surface area contributed by atoms with Gasteiger partial charge in [-0.1, -0.05) is 27.2 Å². The van der Waals surface area contributed by atoms with Gasteiger partial charge >= 0.3 is 12.1 Å². The minimum Gasteiger partial charge on any atom is -0.465 e. The van der Waals surface area contributed by atoms with E-state index in [-0.39, 0.29) is 18.9 Å². The molecular weight excluding hydrogens is 247 g/mol. The van der Waals surface area contributed by atoms with Crippen molar-refractivity contribution < 1.29 is 22.7 Å². The molecule has 108 valence electrons. The number of rotatable bonds is 7. The van der Waals surface area contributed by atoms with E-state index in [0.717, 1.165) is 0 Å². The lowest BCUT2D eigenvalue weighted by Gasteiger charge is -2.26. The fourth-order valence-electron chi connectivity index (χ4n) is 1.53. The summed E-state index contributed by atoms with van der Waals surface area (Å²) in [4.78, 5) is 11.6. The van der Waals surface area contributed by atoms with Gasteiger partial charge in [0, 0.05) is 0 Å². The Morgan fingerprint density at radius 1 is 1.33 bits per heavy atom. The molecule has 3 atom stereocenters. The molecule has 0 rings (SSSR count). The number of halogens is 3. The normalized spacial score (nSPS) is 17.1. The number of carbonyl (C=O) groups is 1. The molecule has 0 fully saturated rings. The van der Waals surface area contributed by atoms with Gasteiger partial charge in [-0.2, -0.15) is 13.2 Å². The summed E-state index contributed by atoms with van der Waals surface area (Å²) >= 11 is 0. The van der Waals surface area contributed by atoms with Gasteiger partial charge in [0.1, 0.15) is 6.04 Å². The molecule has 0 aliphatic heterocycles. The summed E-state index contributed by atoms with van der Waals surface area (Å²) in [6.07, 6.45) is -3.21. The van der Waals surface area contributed by atoms with Gasteiger partial charge in [0.25, 0.3) is 0 Å². The van der Waals surface area contributed by atoms with E-state index in [1.807, 2.05) is 6.92 Å². The lowest BCUT2D eigenvalue weighted by atomic mass is 9.88. The van der Waals surface area contributed by atoms with Gasteiger partial charge in [-0.25, -0.2) is 0 Å². The molecule has 0 aliphatic carbocycles. The van der Waals surface area contributed by atoms with Crippen LogP contribution in [0.2, 0.25) is 0 Å². The Morgan fingerprint density at radius 3 is 2.28 bits per heavy atom. The van der Waals surface area contributed by atoms with Crippen LogP contribution in [-0.2, 0) is 9.53 Å². The molecule has 0 aromatic heterocycles. The van der Waals surface area contributed by atoms with E-state index in [4.69, 9.17) is 10.5 Å². The topological polar surface area (TPSA) is 52.3 Å². The average molecular weight is 269 g/mol. The number of nitrogens with two attached hydrogens (primary N) is 1. The zero-order valence-corrected chi connectivity index (χ0v) is 11.1. The lowest BCUT2D eigenvalue weighted by molar-refractivity contribution is -0.177. The van der Waals surface area contributed by atoms with E-state index >= 15 is 0 Å². The fourth-order valence-corrected chi connectivity index (χ4v) is 1.53.